The summed E-state index contributed by atoms with van der Waals surface area (Å²) in [5, 5.41) is 8.76. The van der Waals surface area contributed by atoms with Crippen molar-refractivity contribution in [2.24, 2.45) is 0 Å². The number of ketones is 1. The van der Waals surface area contributed by atoms with Crippen molar-refractivity contribution < 1.29 is 14.6 Å². The molecule has 0 aliphatic carbocycles. The Morgan fingerprint density at radius 1 is 1.26 bits per heavy atom. The molecule has 2 rings (SSSR count). The van der Waals surface area contributed by atoms with Gasteiger partial charge in [-0.3, -0.25) is 9.69 Å². The van der Waals surface area contributed by atoms with Crippen LogP contribution in [0.25, 0.3) is 0 Å². The van der Waals surface area contributed by atoms with E-state index in [-0.39, 0.29) is 12.4 Å². The number of hydrogen-bond acceptors (Lipinski definition) is 5. The van der Waals surface area contributed by atoms with Crippen LogP contribution in [0, 0.1) is 0 Å². The molecule has 1 aromatic carbocycles. The molecule has 1 N–H and O–H groups in total. The lowest BCUT2D eigenvalue weighted by atomic mass is 10.1. The highest BCUT2D eigenvalue weighted by Crippen LogP contribution is 2.18. The normalized spacial score (nSPS) is 16.5. The summed E-state index contributed by atoms with van der Waals surface area (Å²) in [4.78, 5) is 15.3. The monoisotopic (exact) mass is 281 g/mol. The van der Waals surface area contributed by atoms with Crippen LogP contribution in [-0.2, 0) is 4.74 Å². The van der Waals surface area contributed by atoms with Gasteiger partial charge in [0.25, 0.3) is 0 Å². The van der Waals surface area contributed by atoms with Gasteiger partial charge in [0, 0.05) is 29.3 Å². The van der Waals surface area contributed by atoms with E-state index in [1.54, 1.807) is 11.8 Å². The Balaban J connectivity index is 1.87. The molecule has 0 unspecified atom stereocenters. The Morgan fingerprint density at radius 2 is 1.95 bits per heavy atom. The van der Waals surface area contributed by atoms with E-state index in [0.29, 0.717) is 25.5 Å². The number of ether oxygens (including phenoxy) is 1. The van der Waals surface area contributed by atoms with E-state index < -0.39 is 0 Å². The SMILES string of the molecule is O=C(CN1CCOCC1)c1ccc(SCCO)cc1. The third-order valence-corrected chi connectivity index (χ3v) is 4.00. The molecule has 1 aliphatic rings. The number of benzene rings is 1. The molecule has 1 saturated heterocycles. The molecular weight excluding hydrogens is 262 g/mol. The Hall–Kier alpha value is -0.880. The first-order valence-corrected chi connectivity index (χ1v) is 7.45. The van der Waals surface area contributed by atoms with Crippen LogP contribution in [0.5, 0.6) is 0 Å². The van der Waals surface area contributed by atoms with Gasteiger partial charge in [0.15, 0.2) is 5.78 Å². The van der Waals surface area contributed by atoms with E-state index in [1.165, 1.54) is 0 Å². The van der Waals surface area contributed by atoms with Gasteiger partial charge in [-0.25, -0.2) is 0 Å². The number of rotatable bonds is 6. The lowest BCUT2D eigenvalue weighted by Gasteiger charge is -2.25. The number of carbonyl (C=O) groups excluding carboxylic acids is 1. The summed E-state index contributed by atoms with van der Waals surface area (Å²) in [5.74, 6) is 0.835. The van der Waals surface area contributed by atoms with Gasteiger partial charge < -0.3 is 9.84 Å². The number of aliphatic hydroxyl groups is 1. The Kier molecular flexibility index (Phi) is 5.85. The van der Waals surface area contributed by atoms with Crippen LogP contribution in [0.3, 0.4) is 0 Å². The number of Topliss-reactive ketones (excluding diaryl/α,β-unsaturated/α-hetero) is 1. The molecule has 0 spiro atoms. The minimum atomic E-state index is 0.153. The first kappa shape index (κ1) is 14.5. The molecule has 0 amide bonds. The molecule has 1 aliphatic heterocycles. The molecule has 104 valence electrons. The van der Waals surface area contributed by atoms with Gasteiger partial charge in [-0.2, -0.15) is 0 Å². The maximum Gasteiger partial charge on any atom is 0.176 e. The second kappa shape index (κ2) is 7.65. The average molecular weight is 281 g/mol. The number of nitrogens with zero attached hydrogens (tertiary/aromatic N) is 1. The number of thioether (sulfide) groups is 1. The predicted molar refractivity (Wildman–Crippen MR) is 75.8 cm³/mol. The van der Waals surface area contributed by atoms with E-state index >= 15 is 0 Å². The van der Waals surface area contributed by atoms with Crippen molar-refractivity contribution in [3.63, 3.8) is 0 Å². The predicted octanol–water partition coefficient (Wildman–Crippen LogP) is 1.29. The molecule has 4 nitrogen and oxygen atoms in total. The first-order valence-electron chi connectivity index (χ1n) is 6.46. The summed E-state index contributed by atoms with van der Waals surface area (Å²) < 4.78 is 5.26. The molecule has 0 bridgehead atoms. The van der Waals surface area contributed by atoms with Crippen LogP contribution >= 0.6 is 11.8 Å². The topological polar surface area (TPSA) is 49.8 Å². The minimum absolute atomic E-state index is 0.153. The summed E-state index contributed by atoms with van der Waals surface area (Å²) >= 11 is 1.59. The standard InChI is InChI=1S/C14H19NO3S/c16-7-10-19-13-3-1-12(2-4-13)14(17)11-15-5-8-18-9-6-15/h1-4,16H,5-11H2. The summed E-state index contributed by atoms with van der Waals surface area (Å²) in [7, 11) is 0. The largest absolute Gasteiger partial charge is 0.396 e. The van der Waals surface area contributed by atoms with Gasteiger partial charge in [0.05, 0.1) is 26.4 Å². The van der Waals surface area contributed by atoms with E-state index in [0.717, 1.165) is 23.5 Å². The second-order valence-corrected chi connectivity index (χ2v) is 5.58. The van der Waals surface area contributed by atoms with E-state index in [2.05, 4.69) is 4.90 Å². The van der Waals surface area contributed by atoms with Crippen molar-refractivity contribution >= 4 is 17.5 Å². The lowest BCUT2D eigenvalue weighted by Crippen LogP contribution is -2.39. The van der Waals surface area contributed by atoms with Gasteiger partial charge in [-0.05, 0) is 12.1 Å². The fourth-order valence-corrected chi connectivity index (χ4v) is 2.61. The Morgan fingerprint density at radius 3 is 2.58 bits per heavy atom. The second-order valence-electron chi connectivity index (χ2n) is 4.41. The zero-order valence-electron chi connectivity index (χ0n) is 10.9. The minimum Gasteiger partial charge on any atom is -0.396 e. The molecule has 0 radical (unpaired) electrons. The molecule has 1 aromatic rings. The van der Waals surface area contributed by atoms with E-state index in [1.807, 2.05) is 24.3 Å². The smallest absolute Gasteiger partial charge is 0.176 e. The van der Waals surface area contributed by atoms with Gasteiger partial charge in [-0.1, -0.05) is 12.1 Å². The molecule has 19 heavy (non-hydrogen) atoms. The summed E-state index contributed by atoms with van der Waals surface area (Å²) in [5.41, 5.74) is 0.750. The molecule has 1 heterocycles. The molecule has 0 atom stereocenters. The highest BCUT2D eigenvalue weighted by atomic mass is 32.2. The van der Waals surface area contributed by atoms with E-state index in [4.69, 9.17) is 9.84 Å². The van der Waals surface area contributed by atoms with Gasteiger partial charge in [0.1, 0.15) is 0 Å². The molecule has 0 saturated carbocycles. The maximum absolute atomic E-state index is 12.1. The van der Waals surface area contributed by atoms with Gasteiger partial charge in [0.2, 0.25) is 0 Å². The van der Waals surface area contributed by atoms with E-state index in [9.17, 15) is 4.79 Å². The van der Waals surface area contributed by atoms with Crippen molar-refractivity contribution in [1.29, 1.82) is 0 Å². The molecule has 5 heteroatoms. The Bertz CT molecular complexity index is 402. The first-order chi connectivity index (χ1) is 9.29. The third-order valence-electron chi connectivity index (χ3n) is 3.01. The van der Waals surface area contributed by atoms with Crippen molar-refractivity contribution in [2.45, 2.75) is 4.90 Å². The van der Waals surface area contributed by atoms with Gasteiger partial charge in [-0.15, -0.1) is 11.8 Å². The van der Waals surface area contributed by atoms with Crippen LogP contribution in [-0.4, -0.2) is 61.0 Å². The number of hydrogen-bond donors (Lipinski definition) is 1. The molecule has 0 aromatic heterocycles. The van der Waals surface area contributed by atoms with Gasteiger partial charge >= 0.3 is 0 Å². The quantitative estimate of drug-likeness (QED) is 0.629. The molecular formula is C14H19NO3S. The Labute approximate surface area is 117 Å². The summed E-state index contributed by atoms with van der Waals surface area (Å²) in [6.07, 6.45) is 0. The fraction of sp³-hybridized carbons (Fsp3) is 0.500. The molecule has 1 fully saturated rings. The highest BCUT2D eigenvalue weighted by Gasteiger charge is 2.15. The number of morpholine rings is 1. The maximum atomic E-state index is 12.1. The zero-order valence-corrected chi connectivity index (χ0v) is 11.7. The fourth-order valence-electron chi connectivity index (χ4n) is 1.95. The lowest BCUT2D eigenvalue weighted by molar-refractivity contribution is 0.0371. The number of carbonyl (C=O) groups is 1. The number of aliphatic hydroxyl groups excluding tert-OH is 1. The average Bonchev–Trinajstić information content (AvgIpc) is 2.46. The van der Waals surface area contributed by atoms with Crippen LogP contribution in [0.15, 0.2) is 29.2 Å². The summed E-state index contributed by atoms with van der Waals surface area (Å²) in [6, 6.07) is 7.60. The van der Waals surface area contributed by atoms with Crippen molar-refractivity contribution in [3.8, 4) is 0 Å². The zero-order chi connectivity index (χ0) is 13.5. The van der Waals surface area contributed by atoms with Crippen LogP contribution < -0.4 is 0 Å². The van der Waals surface area contributed by atoms with Crippen molar-refractivity contribution in [1.82, 2.24) is 4.90 Å². The highest BCUT2D eigenvalue weighted by molar-refractivity contribution is 7.99. The van der Waals surface area contributed by atoms with Crippen LogP contribution in [0.4, 0.5) is 0 Å². The van der Waals surface area contributed by atoms with Crippen LogP contribution in [0.1, 0.15) is 10.4 Å². The van der Waals surface area contributed by atoms with Crippen molar-refractivity contribution in [2.75, 3.05) is 45.2 Å². The van der Waals surface area contributed by atoms with Crippen LogP contribution in [0.2, 0.25) is 0 Å². The summed E-state index contributed by atoms with van der Waals surface area (Å²) in [6.45, 7) is 3.72. The third kappa shape index (κ3) is 4.62. The van der Waals surface area contributed by atoms with Crippen molar-refractivity contribution in [3.05, 3.63) is 29.8 Å².